The Morgan fingerprint density at radius 3 is 1.91 bits per heavy atom. The van der Waals surface area contributed by atoms with E-state index in [2.05, 4.69) is 139 Å². The Balaban J connectivity index is 1.48. The summed E-state index contributed by atoms with van der Waals surface area (Å²) in [6.45, 7) is 20.4. The highest BCUT2D eigenvalue weighted by molar-refractivity contribution is 6.12. The molecule has 0 saturated heterocycles. The van der Waals surface area contributed by atoms with Crippen molar-refractivity contribution < 1.29 is 4.74 Å². The van der Waals surface area contributed by atoms with Crippen molar-refractivity contribution in [1.29, 1.82) is 0 Å². The smallest absolute Gasteiger partial charge is 0.128 e. The minimum Gasteiger partial charge on any atom is -0.457 e. The topological polar surface area (TPSA) is 37.9 Å². The maximum Gasteiger partial charge on any atom is 0.128 e. The Kier molecular flexibility index (Phi) is 7.19. The Morgan fingerprint density at radius 1 is 0.545 bits per heavy atom. The van der Waals surface area contributed by atoms with Gasteiger partial charge in [0.2, 0.25) is 0 Å². The largest absolute Gasteiger partial charge is 0.457 e. The first-order valence-corrected chi connectivity index (χ1v) is 15.6. The van der Waals surface area contributed by atoms with Gasteiger partial charge in [0, 0.05) is 33.6 Å². The lowest BCUT2D eigenvalue weighted by Crippen LogP contribution is -2.11. The molecule has 0 amide bonds. The van der Waals surface area contributed by atoms with Gasteiger partial charge in [-0.2, -0.15) is 0 Å². The third-order valence-electron chi connectivity index (χ3n) is 8.55. The van der Waals surface area contributed by atoms with E-state index in [-0.39, 0.29) is 16.2 Å². The summed E-state index contributed by atoms with van der Waals surface area (Å²) in [5.74, 6) is 1.62. The van der Waals surface area contributed by atoms with Gasteiger partial charge < -0.3 is 9.72 Å². The van der Waals surface area contributed by atoms with Gasteiger partial charge >= 0.3 is 0 Å². The molecule has 0 unspecified atom stereocenters. The van der Waals surface area contributed by atoms with Crippen LogP contribution in [0.1, 0.15) is 79.0 Å². The van der Waals surface area contributed by atoms with Gasteiger partial charge in [0.15, 0.2) is 0 Å². The van der Waals surface area contributed by atoms with Crippen molar-refractivity contribution in [2.24, 2.45) is 0 Å². The summed E-state index contributed by atoms with van der Waals surface area (Å²) in [5, 5.41) is 2.53. The maximum atomic E-state index is 6.62. The molecule has 6 rings (SSSR count). The third kappa shape index (κ3) is 5.88. The molecule has 3 nitrogen and oxygen atoms in total. The van der Waals surface area contributed by atoms with E-state index in [4.69, 9.17) is 4.74 Å². The van der Waals surface area contributed by atoms with Crippen molar-refractivity contribution >= 4 is 21.8 Å². The summed E-state index contributed by atoms with van der Waals surface area (Å²) in [7, 11) is 0. The predicted molar refractivity (Wildman–Crippen MR) is 187 cm³/mol. The van der Waals surface area contributed by atoms with Crippen LogP contribution < -0.4 is 4.74 Å². The van der Waals surface area contributed by atoms with Gasteiger partial charge in [0.25, 0.3) is 0 Å². The Bertz CT molecular complexity index is 1980. The van der Waals surface area contributed by atoms with Gasteiger partial charge in [-0.1, -0.05) is 86.6 Å². The number of nitrogens with zero attached hydrogens (tertiary/aromatic N) is 1. The van der Waals surface area contributed by atoms with Gasteiger partial charge in [-0.3, -0.25) is 4.98 Å². The van der Waals surface area contributed by atoms with E-state index in [0.29, 0.717) is 0 Å². The number of H-pyrrole nitrogens is 1. The molecule has 6 aromatic rings. The highest BCUT2D eigenvalue weighted by atomic mass is 16.5. The van der Waals surface area contributed by atoms with E-state index in [1.807, 2.05) is 30.5 Å². The van der Waals surface area contributed by atoms with Gasteiger partial charge in [-0.15, -0.1) is 0 Å². The van der Waals surface area contributed by atoms with Crippen LogP contribution in [0.4, 0.5) is 0 Å². The number of nitrogens with one attached hydrogen (secondary N) is 1. The van der Waals surface area contributed by atoms with Crippen LogP contribution in [-0.2, 0) is 16.2 Å². The zero-order valence-electron chi connectivity index (χ0n) is 27.6. The summed E-state index contributed by atoms with van der Waals surface area (Å²) in [6.07, 6.45) is 1.84. The molecule has 0 aliphatic rings. The molecule has 224 valence electrons. The summed E-state index contributed by atoms with van der Waals surface area (Å²) in [4.78, 5) is 8.38. The first-order valence-electron chi connectivity index (χ1n) is 15.6. The molecule has 44 heavy (non-hydrogen) atoms. The number of pyridine rings is 1. The SMILES string of the molecule is CC(C)(C)c1cc(Oc2cccc(-c3cc(C(C)(C)C)cc4c3[nH]c3ccc(C(C)(C)C)cc34)c2)cc(-c2ccccn2)c1. The lowest BCUT2D eigenvalue weighted by atomic mass is 9.83. The number of rotatable bonds is 4. The second kappa shape index (κ2) is 10.7. The first-order chi connectivity index (χ1) is 20.7. The first kappa shape index (κ1) is 29.7. The molecule has 1 N–H and O–H groups in total. The van der Waals surface area contributed by atoms with Crippen LogP contribution in [-0.4, -0.2) is 9.97 Å². The molecule has 0 saturated carbocycles. The van der Waals surface area contributed by atoms with Crippen molar-refractivity contribution in [3.05, 3.63) is 114 Å². The molecule has 3 heteroatoms. The third-order valence-corrected chi connectivity index (χ3v) is 8.55. The lowest BCUT2D eigenvalue weighted by molar-refractivity contribution is 0.479. The van der Waals surface area contributed by atoms with Crippen molar-refractivity contribution in [3.8, 4) is 33.9 Å². The second-order valence-electron chi connectivity index (χ2n) is 15.2. The molecule has 0 bridgehead atoms. The van der Waals surface area contributed by atoms with Gasteiger partial charge in [0.1, 0.15) is 11.5 Å². The fourth-order valence-electron chi connectivity index (χ4n) is 5.76. The van der Waals surface area contributed by atoms with E-state index in [9.17, 15) is 0 Å². The number of hydrogen-bond donors (Lipinski definition) is 1. The Hall–Kier alpha value is -4.37. The molecule has 0 spiro atoms. The normalized spacial score (nSPS) is 12.7. The second-order valence-corrected chi connectivity index (χ2v) is 15.2. The fraction of sp³-hybridized carbons (Fsp3) is 0.293. The van der Waals surface area contributed by atoms with Crippen molar-refractivity contribution in [3.63, 3.8) is 0 Å². The summed E-state index contributed by atoms with van der Waals surface area (Å²) >= 11 is 0. The van der Waals surface area contributed by atoms with Crippen LogP contribution in [0.2, 0.25) is 0 Å². The zero-order valence-corrected chi connectivity index (χ0v) is 27.6. The van der Waals surface area contributed by atoms with E-state index in [1.165, 1.54) is 33.0 Å². The number of aromatic nitrogens is 2. The molecule has 2 aromatic heterocycles. The molecular formula is C41H44N2O. The number of benzene rings is 4. The molecular weight excluding hydrogens is 536 g/mol. The highest BCUT2D eigenvalue weighted by Crippen LogP contribution is 2.41. The molecule has 0 radical (unpaired) electrons. The lowest BCUT2D eigenvalue weighted by Gasteiger charge is -2.22. The quantitative estimate of drug-likeness (QED) is 0.225. The van der Waals surface area contributed by atoms with E-state index in [0.717, 1.165) is 39.4 Å². The monoisotopic (exact) mass is 580 g/mol. The highest BCUT2D eigenvalue weighted by Gasteiger charge is 2.22. The Labute approximate surface area is 262 Å². The molecule has 4 aromatic carbocycles. The zero-order chi connectivity index (χ0) is 31.4. The van der Waals surface area contributed by atoms with Gasteiger partial charge in [0.05, 0.1) is 11.2 Å². The van der Waals surface area contributed by atoms with Crippen LogP contribution in [0.3, 0.4) is 0 Å². The molecule has 0 aliphatic heterocycles. The molecule has 2 heterocycles. The van der Waals surface area contributed by atoms with E-state index < -0.39 is 0 Å². The minimum atomic E-state index is -0.0355. The summed E-state index contributed by atoms with van der Waals surface area (Å²) in [5.41, 5.74) is 10.5. The number of ether oxygens (including phenoxy) is 1. The average molecular weight is 581 g/mol. The number of aromatic amines is 1. The standard InChI is InChI=1S/C41H44N2O/c1-39(2,3)28-16-17-37-34(23-28)35-25-30(41(7,8)9)24-33(38(35)43-37)26-13-12-14-31(20-26)44-32-21-27(36-15-10-11-18-42-36)19-29(22-32)40(4,5)6/h10-25,43H,1-9H3. The van der Waals surface area contributed by atoms with Gasteiger partial charge in [-0.25, -0.2) is 0 Å². The maximum absolute atomic E-state index is 6.62. The van der Waals surface area contributed by atoms with Crippen LogP contribution in [0.5, 0.6) is 11.5 Å². The van der Waals surface area contributed by atoms with Crippen molar-refractivity contribution in [2.45, 2.75) is 78.6 Å². The van der Waals surface area contributed by atoms with E-state index >= 15 is 0 Å². The van der Waals surface area contributed by atoms with Gasteiger partial charge in [-0.05, 0) is 105 Å². The minimum absolute atomic E-state index is 0.00243. The Morgan fingerprint density at radius 2 is 1.23 bits per heavy atom. The van der Waals surface area contributed by atoms with Crippen LogP contribution in [0.25, 0.3) is 44.2 Å². The number of fused-ring (bicyclic) bond motifs is 3. The molecule has 0 atom stereocenters. The average Bonchev–Trinajstić information content (AvgIpc) is 3.34. The number of hydrogen-bond acceptors (Lipinski definition) is 2. The fourth-order valence-corrected chi connectivity index (χ4v) is 5.76. The van der Waals surface area contributed by atoms with Crippen molar-refractivity contribution in [1.82, 2.24) is 9.97 Å². The van der Waals surface area contributed by atoms with Crippen LogP contribution >= 0.6 is 0 Å². The van der Waals surface area contributed by atoms with E-state index in [1.54, 1.807) is 0 Å². The molecule has 0 aliphatic carbocycles. The molecule has 0 fully saturated rings. The van der Waals surface area contributed by atoms with Crippen molar-refractivity contribution in [2.75, 3.05) is 0 Å². The van der Waals surface area contributed by atoms with Crippen LogP contribution in [0, 0.1) is 0 Å². The predicted octanol–water partition coefficient (Wildman–Crippen LogP) is 11.7. The summed E-state index contributed by atoms with van der Waals surface area (Å²) < 4.78 is 6.62. The summed E-state index contributed by atoms with van der Waals surface area (Å²) in [6, 6.07) is 32.5. The van der Waals surface area contributed by atoms with Crippen LogP contribution in [0.15, 0.2) is 97.2 Å².